The van der Waals surface area contributed by atoms with Crippen molar-refractivity contribution in [3.8, 4) is 5.75 Å². The topological polar surface area (TPSA) is 75.6 Å². The second kappa shape index (κ2) is 6.93. The van der Waals surface area contributed by atoms with Gasteiger partial charge in [0.1, 0.15) is 11.6 Å². The first-order valence-electron chi connectivity index (χ1n) is 7.92. The third-order valence-electron chi connectivity index (χ3n) is 4.41. The molecule has 5 nitrogen and oxygen atoms in total. The molecule has 2 aromatic carbocycles. The molecular weight excluding hydrogens is 325 g/mol. The SMILES string of the molecule is COc1ccc([C@H](NC(=O)[C@@H]2C[C@H]2c2ccc(F)cc2)C(=O)O)cc1. The van der Waals surface area contributed by atoms with Crippen molar-refractivity contribution in [1.82, 2.24) is 5.32 Å². The van der Waals surface area contributed by atoms with Crippen LogP contribution in [0.2, 0.25) is 0 Å². The van der Waals surface area contributed by atoms with Gasteiger partial charge in [-0.3, -0.25) is 4.79 Å². The smallest absolute Gasteiger partial charge is 0.330 e. The molecule has 0 unspecified atom stereocenters. The fourth-order valence-electron chi connectivity index (χ4n) is 2.90. The van der Waals surface area contributed by atoms with Crippen molar-refractivity contribution in [2.75, 3.05) is 7.11 Å². The van der Waals surface area contributed by atoms with Gasteiger partial charge in [-0.15, -0.1) is 0 Å². The number of benzene rings is 2. The van der Waals surface area contributed by atoms with Crippen molar-refractivity contribution >= 4 is 11.9 Å². The normalized spacial score (nSPS) is 19.8. The maximum Gasteiger partial charge on any atom is 0.330 e. The molecule has 0 saturated heterocycles. The number of carboxylic acids is 1. The van der Waals surface area contributed by atoms with Crippen LogP contribution in [0.4, 0.5) is 4.39 Å². The highest BCUT2D eigenvalue weighted by Crippen LogP contribution is 2.47. The van der Waals surface area contributed by atoms with Crippen LogP contribution in [0.3, 0.4) is 0 Å². The van der Waals surface area contributed by atoms with E-state index >= 15 is 0 Å². The minimum atomic E-state index is -1.13. The van der Waals surface area contributed by atoms with Crippen molar-refractivity contribution in [2.45, 2.75) is 18.4 Å². The Balaban J connectivity index is 1.67. The highest BCUT2D eigenvalue weighted by atomic mass is 19.1. The molecule has 1 saturated carbocycles. The molecule has 2 N–H and O–H groups in total. The molecule has 0 spiro atoms. The van der Waals surface area contributed by atoms with Crippen LogP contribution in [0.15, 0.2) is 48.5 Å². The number of hydrogen-bond acceptors (Lipinski definition) is 3. The molecule has 3 atom stereocenters. The van der Waals surface area contributed by atoms with E-state index in [0.717, 1.165) is 5.56 Å². The Kier molecular flexibility index (Phi) is 4.70. The first-order chi connectivity index (χ1) is 12.0. The van der Waals surface area contributed by atoms with E-state index in [1.54, 1.807) is 36.4 Å². The van der Waals surface area contributed by atoms with E-state index < -0.39 is 12.0 Å². The molecule has 0 bridgehead atoms. The van der Waals surface area contributed by atoms with Gasteiger partial charge in [-0.1, -0.05) is 24.3 Å². The van der Waals surface area contributed by atoms with Crippen molar-refractivity contribution in [3.63, 3.8) is 0 Å². The van der Waals surface area contributed by atoms with E-state index in [1.807, 2.05) is 0 Å². The van der Waals surface area contributed by atoms with Crippen LogP contribution in [0.25, 0.3) is 0 Å². The Morgan fingerprint density at radius 3 is 2.36 bits per heavy atom. The number of ether oxygens (including phenoxy) is 1. The molecule has 2 aromatic rings. The lowest BCUT2D eigenvalue weighted by atomic mass is 10.1. The summed E-state index contributed by atoms with van der Waals surface area (Å²) in [6.45, 7) is 0. The van der Waals surface area contributed by atoms with Crippen LogP contribution in [-0.4, -0.2) is 24.1 Å². The molecule has 1 aliphatic carbocycles. The molecule has 0 aliphatic heterocycles. The summed E-state index contributed by atoms with van der Waals surface area (Å²) >= 11 is 0. The standard InChI is InChI=1S/C19H18FNO4/c1-25-14-8-4-12(5-9-14)17(19(23)24)21-18(22)16-10-15(16)11-2-6-13(20)7-3-11/h2-9,15-17H,10H2,1H3,(H,21,22)(H,23,24)/t15-,16+,17-/m0/s1. The van der Waals surface area contributed by atoms with E-state index in [2.05, 4.69) is 5.32 Å². The number of carbonyl (C=O) groups is 2. The molecule has 0 heterocycles. The van der Waals surface area contributed by atoms with Gasteiger partial charge in [-0.2, -0.15) is 0 Å². The fourth-order valence-corrected chi connectivity index (χ4v) is 2.90. The lowest BCUT2D eigenvalue weighted by molar-refractivity contribution is -0.142. The average Bonchev–Trinajstić information content (AvgIpc) is 3.41. The number of nitrogens with one attached hydrogen (secondary N) is 1. The fraction of sp³-hybridized carbons (Fsp3) is 0.263. The molecule has 3 rings (SSSR count). The van der Waals surface area contributed by atoms with Crippen LogP contribution < -0.4 is 10.1 Å². The van der Waals surface area contributed by atoms with Crippen LogP contribution in [0.5, 0.6) is 5.75 Å². The van der Waals surface area contributed by atoms with Gasteiger partial charge in [-0.05, 0) is 47.7 Å². The van der Waals surface area contributed by atoms with Crippen molar-refractivity contribution in [1.29, 1.82) is 0 Å². The maximum absolute atomic E-state index is 13.0. The zero-order valence-electron chi connectivity index (χ0n) is 13.6. The molecule has 130 valence electrons. The third-order valence-corrected chi connectivity index (χ3v) is 4.41. The van der Waals surface area contributed by atoms with E-state index in [9.17, 15) is 19.1 Å². The van der Waals surface area contributed by atoms with Crippen molar-refractivity contribution in [3.05, 3.63) is 65.5 Å². The lowest BCUT2D eigenvalue weighted by Crippen LogP contribution is -2.35. The number of hydrogen-bond donors (Lipinski definition) is 2. The van der Waals surface area contributed by atoms with Gasteiger partial charge in [0.25, 0.3) is 0 Å². The van der Waals surface area contributed by atoms with Crippen LogP contribution >= 0.6 is 0 Å². The molecule has 0 aromatic heterocycles. The van der Waals surface area contributed by atoms with Gasteiger partial charge >= 0.3 is 5.97 Å². The number of carboxylic acid groups (broad SMARTS) is 1. The summed E-state index contributed by atoms with van der Waals surface area (Å²) in [5, 5.41) is 12.0. The molecular formula is C19H18FNO4. The maximum atomic E-state index is 13.0. The quantitative estimate of drug-likeness (QED) is 0.846. The van der Waals surface area contributed by atoms with Crippen LogP contribution in [0.1, 0.15) is 29.5 Å². The van der Waals surface area contributed by atoms with Gasteiger partial charge in [0.05, 0.1) is 7.11 Å². The largest absolute Gasteiger partial charge is 0.497 e. The minimum Gasteiger partial charge on any atom is -0.497 e. The second-order valence-corrected chi connectivity index (χ2v) is 6.05. The van der Waals surface area contributed by atoms with E-state index in [0.29, 0.717) is 17.7 Å². The summed E-state index contributed by atoms with van der Waals surface area (Å²) in [6, 6.07) is 11.4. The molecule has 0 radical (unpaired) electrons. The number of carbonyl (C=O) groups excluding carboxylic acids is 1. The number of amides is 1. The highest BCUT2D eigenvalue weighted by molar-refractivity contribution is 5.88. The third kappa shape index (κ3) is 3.79. The van der Waals surface area contributed by atoms with Crippen LogP contribution in [-0.2, 0) is 9.59 Å². The summed E-state index contributed by atoms with van der Waals surface area (Å²) in [5.41, 5.74) is 1.36. The summed E-state index contributed by atoms with van der Waals surface area (Å²) in [4.78, 5) is 23.9. The number of aliphatic carboxylic acids is 1. The van der Waals surface area contributed by atoms with Gasteiger partial charge in [0, 0.05) is 5.92 Å². The summed E-state index contributed by atoms with van der Waals surface area (Å²) in [7, 11) is 1.52. The number of rotatable bonds is 6. The molecule has 25 heavy (non-hydrogen) atoms. The Bertz CT molecular complexity index is 773. The summed E-state index contributed by atoms with van der Waals surface area (Å²) in [5.74, 6) is -1.43. The average molecular weight is 343 g/mol. The highest BCUT2D eigenvalue weighted by Gasteiger charge is 2.44. The van der Waals surface area contributed by atoms with E-state index in [1.165, 1.54) is 19.2 Å². The molecule has 6 heteroatoms. The number of methoxy groups -OCH3 is 1. The van der Waals surface area contributed by atoms with Crippen LogP contribution in [0, 0.1) is 11.7 Å². The summed E-state index contributed by atoms with van der Waals surface area (Å²) < 4.78 is 18.0. The predicted molar refractivity (Wildman–Crippen MR) is 88.8 cm³/mol. The molecule has 1 fully saturated rings. The zero-order chi connectivity index (χ0) is 18.0. The van der Waals surface area contributed by atoms with Gasteiger partial charge in [-0.25, -0.2) is 9.18 Å². The Morgan fingerprint density at radius 1 is 1.16 bits per heavy atom. The molecule has 1 aliphatic rings. The Hall–Kier alpha value is -2.89. The first-order valence-corrected chi connectivity index (χ1v) is 7.92. The van der Waals surface area contributed by atoms with Gasteiger partial charge in [0.2, 0.25) is 5.91 Å². The second-order valence-electron chi connectivity index (χ2n) is 6.05. The lowest BCUT2D eigenvalue weighted by Gasteiger charge is -2.15. The first kappa shape index (κ1) is 17.0. The van der Waals surface area contributed by atoms with Crippen molar-refractivity contribution < 1.29 is 23.8 Å². The van der Waals surface area contributed by atoms with Gasteiger partial charge in [0.15, 0.2) is 6.04 Å². The van der Waals surface area contributed by atoms with Crippen molar-refractivity contribution in [2.24, 2.45) is 5.92 Å². The number of halogens is 1. The summed E-state index contributed by atoms with van der Waals surface area (Å²) in [6.07, 6.45) is 0.631. The monoisotopic (exact) mass is 343 g/mol. The molecule has 1 amide bonds. The zero-order valence-corrected chi connectivity index (χ0v) is 13.6. The van der Waals surface area contributed by atoms with E-state index in [-0.39, 0.29) is 23.6 Å². The Morgan fingerprint density at radius 2 is 1.80 bits per heavy atom. The Labute approximate surface area is 144 Å². The van der Waals surface area contributed by atoms with Gasteiger partial charge < -0.3 is 15.2 Å². The predicted octanol–water partition coefficient (Wildman–Crippen LogP) is 2.88. The minimum absolute atomic E-state index is 0.00547. The van der Waals surface area contributed by atoms with E-state index in [4.69, 9.17) is 4.74 Å².